The summed E-state index contributed by atoms with van der Waals surface area (Å²) in [5, 5.41) is 7.02. The number of ether oxygens (including phenoxy) is 1. The Labute approximate surface area is 247 Å². The highest BCUT2D eigenvalue weighted by Crippen LogP contribution is 2.41. The monoisotopic (exact) mass is 577 g/mol. The highest BCUT2D eigenvalue weighted by molar-refractivity contribution is 7.18. The maximum absolute atomic E-state index is 13.2. The molecule has 0 atom stereocenters. The summed E-state index contributed by atoms with van der Waals surface area (Å²) < 4.78 is 14.1. The number of hydrogen-bond donors (Lipinski definition) is 2. The fraction of sp³-hybridized carbons (Fsp3) is 0.152. The number of aryl methyl sites for hydroxylation is 1. The number of nitrogens with two attached hydrogens (primary N) is 1. The summed E-state index contributed by atoms with van der Waals surface area (Å²) in [4.78, 5) is 19.9. The van der Waals surface area contributed by atoms with Crippen LogP contribution in [0.2, 0.25) is 0 Å². The molecule has 2 aromatic carbocycles. The number of rotatable bonds is 9. The molecule has 0 bridgehead atoms. The van der Waals surface area contributed by atoms with E-state index in [1.54, 1.807) is 24.7 Å². The third-order valence-corrected chi connectivity index (χ3v) is 8.35. The van der Waals surface area contributed by atoms with E-state index >= 15 is 0 Å². The molecule has 0 saturated heterocycles. The van der Waals surface area contributed by atoms with Crippen molar-refractivity contribution in [2.75, 3.05) is 31.8 Å². The van der Waals surface area contributed by atoms with Gasteiger partial charge in [-0.3, -0.25) is 9.69 Å². The predicted octanol–water partition coefficient (Wildman–Crippen LogP) is 7.04. The zero-order chi connectivity index (χ0) is 29.2. The van der Waals surface area contributed by atoms with Crippen molar-refractivity contribution in [1.82, 2.24) is 14.5 Å². The average Bonchev–Trinajstić information content (AvgIpc) is 3.75. The number of aromatic nitrogens is 2. The Balaban J connectivity index is 1.24. The van der Waals surface area contributed by atoms with Crippen molar-refractivity contribution in [2.24, 2.45) is 7.05 Å². The first-order valence-electron chi connectivity index (χ1n) is 13.5. The number of likely N-dealkylation sites (N-methyl/N-ethyl adjacent to an activating group) is 1. The van der Waals surface area contributed by atoms with Gasteiger partial charge in [-0.25, -0.2) is 4.98 Å². The van der Waals surface area contributed by atoms with Crippen molar-refractivity contribution < 1.29 is 13.9 Å². The molecule has 0 aliphatic carbocycles. The van der Waals surface area contributed by atoms with Crippen LogP contribution in [-0.2, 0) is 13.6 Å². The zero-order valence-corrected chi connectivity index (χ0v) is 24.4. The Morgan fingerprint density at radius 1 is 1.19 bits per heavy atom. The Morgan fingerprint density at radius 2 is 2.05 bits per heavy atom. The number of carbonyl (C=O) groups is 1. The predicted molar refractivity (Wildman–Crippen MR) is 171 cm³/mol. The van der Waals surface area contributed by atoms with Crippen LogP contribution >= 0.6 is 11.3 Å². The minimum Gasteiger partial charge on any atom is -0.495 e. The lowest BCUT2D eigenvalue weighted by molar-refractivity contribution is 0.101. The Morgan fingerprint density at radius 3 is 2.83 bits per heavy atom. The molecule has 6 aromatic rings. The molecule has 9 heteroatoms. The summed E-state index contributed by atoms with van der Waals surface area (Å²) in [6, 6.07) is 19.4. The number of fused-ring (bicyclic) bond motifs is 2. The number of nitrogens with one attached hydrogen (secondary N) is 1. The molecule has 1 amide bonds. The van der Waals surface area contributed by atoms with Crippen LogP contribution < -0.4 is 15.8 Å². The second kappa shape index (κ2) is 11.6. The van der Waals surface area contributed by atoms with Gasteiger partial charge in [-0.1, -0.05) is 36.4 Å². The van der Waals surface area contributed by atoms with Gasteiger partial charge in [0.05, 0.1) is 25.6 Å². The SMILES string of the molecule is COc1cc(-c2csc3c(C=CCN(C)Cc4ccco4)cnc(N)c23)ccc1NC(=O)c1cc2ccccc2n1C. The number of carbonyl (C=O) groups excluding carboxylic acids is 1. The normalized spacial score (nSPS) is 11.7. The highest BCUT2D eigenvalue weighted by Gasteiger charge is 2.18. The van der Waals surface area contributed by atoms with Crippen molar-refractivity contribution in [2.45, 2.75) is 6.54 Å². The van der Waals surface area contributed by atoms with E-state index in [1.165, 1.54) is 0 Å². The van der Waals surface area contributed by atoms with Gasteiger partial charge < -0.3 is 24.8 Å². The number of hydrogen-bond acceptors (Lipinski definition) is 7. The Kier molecular flexibility index (Phi) is 7.52. The lowest BCUT2D eigenvalue weighted by Crippen LogP contribution is -2.17. The average molecular weight is 578 g/mol. The van der Waals surface area contributed by atoms with Crippen molar-refractivity contribution in [1.29, 1.82) is 0 Å². The molecule has 42 heavy (non-hydrogen) atoms. The lowest BCUT2D eigenvalue weighted by Gasteiger charge is -2.13. The topological polar surface area (TPSA) is 98.6 Å². The van der Waals surface area contributed by atoms with Crippen molar-refractivity contribution in [3.05, 3.63) is 102 Å². The quantitative estimate of drug-likeness (QED) is 0.191. The van der Waals surface area contributed by atoms with Gasteiger partial charge in [0, 0.05) is 51.9 Å². The minimum atomic E-state index is -0.208. The number of amides is 1. The van der Waals surface area contributed by atoms with Crippen molar-refractivity contribution in [3.63, 3.8) is 0 Å². The molecule has 0 aliphatic rings. The summed E-state index contributed by atoms with van der Waals surface area (Å²) in [6.45, 7) is 1.49. The molecule has 3 N–H and O–H groups in total. The van der Waals surface area contributed by atoms with E-state index in [1.807, 2.05) is 85.5 Å². The van der Waals surface area contributed by atoms with Crippen LogP contribution in [0.3, 0.4) is 0 Å². The molecule has 0 saturated carbocycles. The first-order valence-corrected chi connectivity index (χ1v) is 14.4. The number of anilines is 2. The van der Waals surface area contributed by atoms with Crippen LogP contribution in [-0.4, -0.2) is 41.1 Å². The van der Waals surface area contributed by atoms with E-state index in [0.29, 0.717) is 22.9 Å². The summed E-state index contributed by atoms with van der Waals surface area (Å²) in [5.41, 5.74) is 11.4. The number of furan rings is 1. The molecule has 0 radical (unpaired) electrons. The fourth-order valence-electron chi connectivity index (χ4n) is 5.17. The number of nitrogens with zero attached hydrogens (tertiary/aromatic N) is 3. The molecule has 0 unspecified atom stereocenters. The second-order valence-electron chi connectivity index (χ2n) is 10.1. The summed E-state index contributed by atoms with van der Waals surface area (Å²) in [5.74, 6) is 1.75. The molecule has 0 spiro atoms. The summed E-state index contributed by atoms with van der Waals surface area (Å²) >= 11 is 1.63. The molecule has 0 aliphatic heterocycles. The maximum Gasteiger partial charge on any atom is 0.272 e. The number of benzene rings is 2. The van der Waals surface area contributed by atoms with Crippen LogP contribution in [0, 0.1) is 0 Å². The van der Waals surface area contributed by atoms with Gasteiger partial charge in [0.1, 0.15) is 23.0 Å². The summed E-state index contributed by atoms with van der Waals surface area (Å²) in [6.07, 6.45) is 7.70. The van der Waals surface area contributed by atoms with Crippen molar-refractivity contribution in [3.8, 4) is 16.9 Å². The molecule has 8 nitrogen and oxygen atoms in total. The van der Waals surface area contributed by atoms with E-state index in [2.05, 4.69) is 32.7 Å². The zero-order valence-electron chi connectivity index (χ0n) is 23.6. The molecular weight excluding hydrogens is 546 g/mol. The number of nitrogen functional groups attached to an aromatic ring is 1. The van der Waals surface area contributed by atoms with Crippen LogP contribution in [0.5, 0.6) is 5.75 Å². The van der Waals surface area contributed by atoms with Crippen molar-refractivity contribution >= 4 is 55.8 Å². The molecule has 4 aromatic heterocycles. The Hall–Kier alpha value is -4.86. The molecular formula is C33H31N5O3S. The molecule has 212 valence electrons. The highest BCUT2D eigenvalue weighted by atomic mass is 32.1. The van der Waals surface area contributed by atoms with Crippen LogP contribution in [0.25, 0.3) is 38.2 Å². The molecule has 6 rings (SSSR count). The number of pyridine rings is 1. The van der Waals surface area contributed by atoms with E-state index in [4.69, 9.17) is 14.9 Å². The van der Waals surface area contributed by atoms with Gasteiger partial charge in [0.2, 0.25) is 0 Å². The van der Waals surface area contributed by atoms with Gasteiger partial charge in [0.15, 0.2) is 0 Å². The number of para-hydroxylation sites is 1. The Bertz CT molecular complexity index is 1920. The van der Waals surface area contributed by atoms with E-state index in [0.717, 1.165) is 56.5 Å². The first-order chi connectivity index (χ1) is 20.4. The third kappa shape index (κ3) is 5.27. The third-order valence-electron chi connectivity index (χ3n) is 7.32. The first kappa shape index (κ1) is 27.3. The fourth-order valence-corrected chi connectivity index (χ4v) is 6.24. The molecule has 4 heterocycles. The second-order valence-corrected chi connectivity index (χ2v) is 11.0. The largest absolute Gasteiger partial charge is 0.495 e. The van der Waals surface area contributed by atoms with E-state index in [-0.39, 0.29) is 5.91 Å². The van der Waals surface area contributed by atoms with Crippen LogP contribution in [0.1, 0.15) is 21.8 Å². The van der Waals surface area contributed by atoms with Gasteiger partial charge in [-0.15, -0.1) is 11.3 Å². The standard InChI is InChI=1S/C33H31N5O3S/c1-37(19-24-10-7-15-41-24)14-6-9-23-18-35-32(34)30-25(20-42-31(23)30)21-12-13-26(29(17-21)40-3)36-33(39)28-16-22-8-4-5-11-27(22)38(28)2/h4-13,15-18,20H,14,19H2,1-3H3,(H2,34,35)(H,36,39). The minimum absolute atomic E-state index is 0.208. The van der Waals surface area contributed by atoms with Gasteiger partial charge in [-0.2, -0.15) is 0 Å². The van der Waals surface area contributed by atoms with Gasteiger partial charge in [0.25, 0.3) is 5.91 Å². The molecule has 0 fully saturated rings. The van der Waals surface area contributed by atoms with Gasteiger partial charge in [-0.05, 0) is 54.4 Å². The smallest absolute Gasteiger partial charge is 0.272 e. The van der Waals surface area contributed by atoms with E-state index < -0.39 is 0 Å². The van der Waals surface area contributed by atoms with Gasteiger partial charge >= 0.3 is 0 Å². The lowest BCUT2D eigenvalue weighted by atomic mass is 10.0. The van der Waals surface area contributed by atoms with Crippen LogP contribution in [0.4, 0.5) is 11.5 Å². The number of thiophene rings is 1. The maximum atomic E-state index is 13.2. The van der Waals surface area contributed by atoms with Crippen LogP contribution in [0.15, 0.2) is 89.0 Å². The van der Waals surface area contributed by atoms with E-state index in [9.17, 15) is 4.79 Å². The number of methoxy groups -OCH3 is 1. The summed E-state index contributed by atoms with van der Waals surface area (Å²) in [7, 11) is 5.54.